The molecule has 1 aromatic heterocycles. The molecule has 1 unspecified atom stereocenters. The van der Waals surface area contributed by atoms with Crippen molar-refractivity contribution < 1.29 is 9.53 Å². The van der Waals surface area contributed by atoms with Crippen molar-refractivity contribution in [1.82, 2.24) is 14.9 Å². The van der Waals surface area contributed by atoms with Gasteiger partial charge in [0.25, 0.3) is 5.91 Å². The summed E-state index contributed by atoms with van der Waals surface area (Å²) < 4.78 is 5.02. The molecule has 1 heterocycles. The van der Waals surface area contributed by atoms with Gasteiger partial charge in [0.05, 0.1) is 25.0 Å². The molecule has 100 valence electrons. The van der Waals surface area contributed by atoms with Gasteiger partial charge in [0.2, 0.25) is 0 Å². The Morgan fingerprint density at radius 1 is 1.50 bits per heavy atom. The van der Waals surface area contributed by atoms with Gasteiger partial charge >= 0.3 is 0 Å². The SMILES string of the molecule is CCNc1cnc(C(=O)N(C)C(C)COC)cn1. The predicted octanol–water partition coefficient (Wildman–Crippen LogP) is 1.02. The second kappa shape index (κ2) is 6.90. The van der Waals surface area contributed by atoms with Crippen molar-refractivity contribution in [3.8, 4) is 0 Å². The highest BCUT2D eigenvalue weighted by Gasteiger charge is 2.18. The van der Waals surface area contributed by atoms with Gasteiger partial charge in [0.1, 0.15) is 11.5 Å². The highest BCUT2D eigenvalue weighted by molar-refractivity contribution is 5.92. The summed E-state index contributed by atoms with van der Waals surface area (Å²) in [6.45, 7) is 5.15. The molecule has 6 heteroatoms. The average molecular weight is 252 g/mol. The summed E-state index contributed by atoms with van der Waals surface area (Å²) in [5.41, 5.74) is 0.335. The van der Waals surface area contributed by atoms with Gasteiger partial charge in [-0.3, -0.25) is 4.79 Å². The van der Waals surface area contributed by atoms with E-state index in [1.807, 2.05) is 13.8 Å². The molecule has 0 saturated carbocycles. The summed E-state index contributed by atoms with van der Waals surface area (Å²) in [5.74, 6) is 0.511. The van der Waals surface area contributed by atoms with Crippen molar-refractivity contribution in [2.45, 2.75) is 19.9 Å². The molecular weight excluding hydrogens is 232 g/mol. The fourth-order valence-corrected chi connectivity index (χ4v) is 1.44. The summed E-state index contributed by atoms with van der Waals surface area (Å²) >= 11 is 0. The maximum Gasteiger partial charge on any atom is 0.274 e. The number of nitrogens with one attached hydrogen (secondary N) is 1. The van der Waals surface area contributed by atoms with Crippen LogP contribution in [0.25, 0.3) is 0 Å². The number of amides is 1. The van der Waals surface area contributed by atoms with Gasteiger partial charge in [0, 0.05) is 20.7 Å². The number of likely N-dealkylation sites (N-methyl/N-ethyl adjacent to an activating group) is 1. The second-order valence-corrected chi connectivity index (χ2v) is 4.04. The normalized spacial score (nSPS) is 12.0. The Morgan fingerprint density at radius 2 is 2.22 bits per heavy atom. The summed E-state index contributed by atoms with van der Waals surface area (Å²) in [7, 11) is 3.34. The fourth-order valence-electron chi connectivity index (χ4n) is 1.44. The van der Waals surface area contributed by atoms with Gasteiger partial charge in [-0.15, -0.1) is 0 Å². The first-order valence-electron chi connectivity index (χ1n) is 5.92. The van der Waals surface area contributed by atoms with Crippen LogP contribution in [0.1, 0.15) is 24.3 Å². The molecular formula is C12H20N4O2. The summed E-state index contributed by atoms with van der Waals surface area (Å²) in [5, 5.41) is 3.03. The topological polar surface area (TPSA) is 67.4 Å². The van der Waals surface area contributed by atoms with E-state index in [-0.39, 0.29) is 11.9 Å². The Kier molecular flexibility index (Phi) is 5.51. The van der Waals surface area contributed by atoms with Crippen LogP contribution in [0, 0.1) is 0 Å². The average Bonchev–Trinajstić information content (AvgIpc) is 2.38. The molecule has 1 atom stereocenters. The number of nitrogens with zero attached hydrogens (tertiary/aromatic N) is 3. The number of aromatic nitrogens is 2. The van der Waals surface area contributed by atoms with Gasteiger partial charge < -0.3 is 15.0 Å². The van der Waals surface area contributed by atoms with Gasteiger partial charge in [-0.25, -0.2) is 9.97 Å². The Labute approximate surface area is 107 Å². The lowest BCUT2D eigenvalue weighted by atomic mass is 10.3. The maximum atomic E-state index is 12.1. The fraction of sp³-hybridized carbons (Fsp3) is 0.583. The van der Waals surface area contributed by atoms with Crippen molar-refractivity contribution >= 4 is 11.7 Å². The zero-order valence-electron chi connectivity index (χ0n) is 11.3. The maximum absolute atomic E-state index is 12.1. The van der Waals surface area contributed by atoms with Gasteiger partial charge in [0.15, 0.2) is 0 Å². The minimum atomic E-state index is -0.157. The molecule has 1 amide bonds. The van der Waals surface area contributed by atoms with E-state index in [9.17, 15) is 4.79 Å². The molecule has 1 N–H and O–H groups in total. The molecule has 1 rings (SSSR count). The van der Waals surface area contributed by atoms with E-state index in [2.05, 4.69) is 15.3 Å². The third kappa shape index (κ3) is 3.66. The van der Waals surface area contributed by atoms with E-state index >= 15 is 0 Å². The van der Waals surface area contributed by atoms with E-state index in [1.165, 1.54) is 6.20 Å². The molecule has 0 radical (unpaired) electrons. The van der Waals surface area contributed by atoms with Crippen LogP contribution in [0.3, 0.4) is 0 Å². The van der Waals surface area contributed by atoms with Crippen molar-refractivity contribution in [3.63, 3.8) is 0 Å². The lowest BCUT2D eigenvalue weighted by Crippen LogP contribution is -2.38. The number of carbonyl (C=O) groups is 1. The summed E-state index contributed by atoms with van der Waals surface area (Å²) in [4.78, 5) is 21.9. The molecule has 0 aliphatic rings. The molecule has 1 aromatic rings. The summed E-state index contributed by atoms with van der Waals surface area (Å²) in [6, 6.07) is -0.00209. The molecule has 0 aliphatic carbocycles. The Morgan fingerprint density at radius 3 is 2.72 bits per heavy atom. The molecule has 0 aliphatic heterocycles. The lowest BCUT2D eigenvalue weighted by molar-refractivity contribution is 0.0627. The molecule has 0 spiro atoms. The van der Waals surface area contributed by atoms with Crippen LogP contribution in [0.15, 0.2) is 12.4 Å². The minimum Gasteiger partial charge on any atom is -0.383 e. The van der Waals surface area contributed by atoms with Gasteiger partial charge in [-0.1, -0.05) is 0 Å². The lowest BCUT2D eigenvalue weighted by Gasteiger charge is -2.23. The third-order valence-corrected chi connectivity index (χ3v) is 2.62. The molecule has 0 fully saturated rings. The zero-order chi connectivity index (χ0) is 13.5. The van der Waals surface area contributed by atoms with E-state index in [4.69, 9.17) is 4.74 Å². The van der Waals surface area contributed by atoms with Crippen molar-refractivity contribution in [3.05, 3.63) is 18.1 Å². The van der Waals surface area contributed by atoms with E-state index in [1.54, 1.807) is 25.3 Å². The largest absolute Gasteiger partial charge is 0.383 e. The van der Waals surface area contributed by atoms with Crippen LogP contribution >= 0.6 is 0 Å². The van der Waals surface area contributed by atoms with E-state index in [0.29, 0.717) is 18.1 Å². The third-order valence-electron chi connectivity index (χ3n) is 2.62. The number of anilines is 1. The Balaban J connectivity index is 2.71. The number of methoxy groups -OCH3 is 1. The molecule has 0 aromatic carbocycles. The first-order valence-corrected chi connectivity index (χ1v) is 5.92. The van der Waals surface area contributed by atoms with Crippen LogP contribution in [0.5, 0.6) is 0 Å². The first kappa shape index (κ1) is 14.4. The monoisotopic (exact) mass is 252 g/mol. The van der Waals surface area contributed by atoms with Gasteiger partial charge in [-0.05, 0) is 13.8 Å². The number of carbonyl (C=O) groups excluding carboxylic acids is 1. The van der Waals surface area contributed by atoms with Crippen molar-refractivity contribution in [1.29, 1.82) is 0 Å². The number of ether oxygens (including phenoxy) is 1. The molecule has 0 saturated heterocycles. The van der Waals surface area contributed by atoms with E-state index in [0.717, 1.165) is 6.54 Å². The zero-order valence-corrected chi connectivity index (χ0v) is 11.3. The first-order chi connectivity index (χ1) is 8.60. The quantitative estimate of drug-likeness (QED) is 0.818. The van der Waals surface area contributed by atoms with Crippen LogP contribution in [0.4, 0.5) is 5.82 Å². The molecule has 6 nitrogen and oxygen atoms in total. The standard InChI is InChI=1S/C12H20N4O2/c1-5-13-11-7-14-10(6-15-11)12(17)16(3)9(2)8-18-4/h6-7,9H,5,8H2,1-4H3,(H,13,15). The molecule has 18 heavy (non-hydrogen) atoms. The number of rotatable bonds is 6. The second-order valence-electron chi connectivity index (χ2n) is 4.04. The van der Waals surface area contributed by atoms with Crippen LogP contribution in [-0.2, 0) is 4.74 Å². The van der Waals surface area contributed by atoms with Crippen LogP contribution < -0.4 is 5.32 Å². The smallest absolute Gasteiger partial charge is 0.274 e. The van der Waals surface area contributed by atoms with E-state index < -0.39 is 0 Å². The van der Waals surface area contributed by atoms with Crippen LogP contribution in [0.2, 0.25) is 0 Å². The van der Waals surface area contributed by atoms with Crippen molar-refractivity contribution in [2.75, 3.05) is 32.6 Å². The minimum absolute atomic E-state index is 0.00209. The molecule has 0 bridgehead atoms. The van der Waals surface area contributed by atoms with Gasteiger partial charge in [-0.2, -0.15) is 0 Å². The highest BCUT2D eigenvalue weighted by Crippen LogP contribution is 2.06. The predicted molar refractivity (Wildman–Crippen MR) is 69.6 cm³/mol. The Hall–Kier alpha value is -1.69. The number of hydrogen-bond donors (Lipinski definition) is 1. The van der Waals surface area contributed by atoms with Crippen LogP contribution in [-0.4, -0.2) is 54.1 Å². The Bertz CT molecular complexity index is 380. The number of hydrogen-bond acceptors (Lipinski definition) is 5. The summed E-state index contributed by atoms with van der Waals surface area (Å²) in [6.07, 6.45) is 3.04. The highest BCUT2D eigenvalue weighted by atomic mass is 16.5. The van der Waals surface area contributed by atoms with Crippen molar-refractivity contribution in [2.24, 2.45) is 0 Å².